The maximum atomic E-state index is 12.8. The molecule has 0 fully saturated rings. The average Bonchev–Trinajstić information content (AvgIpc) is 3.47. The molecule has 2 aromatic carbocycles. The molecule has 35 heavy (non-hydrogen) atoms. The summed E-state index contributed by atoms with van der Waals surface area (Å²) in [4.78, 5) is 17.2. The maximum absolute atomic E-state index is 12.8. The summed E-state index contributed by atoms with van der Waals surface area (Å²) in [5.74, 6) is 7.53. The molecule has 3 N–H and O–H groups in total. The van der Waals surface area contributed by atoms with Crippen molar-refractivity contribution in [3.05, 3.63) is 51.8 Å². The number of nitrogen functional groups attached to an aromatic ring is 1. The number of hydrogen-bond donors (Lipinski definition) is 2. The Morgan fingerprint density at radius 1 is 1.09 bits per heavy atom. The zero-order chi connectivity index (χ0) is 25.1. The van der Waals surface area contributed by atoms with Gasteiger partial charge in [-0.05, 0) is 37.3 Å². The first kappa shape index (κ1) is 25.1. The van der Waals surface area contributed by atoms with E-state index in [1.54, 1.807) is 51.5 Å². The van der Waals surface area contributed by atoms with E-state index >= 15 is 0 Å². The molecule has 0 aliphatic rings. The molecule has 0 spiro atoms. The lowest BCUT2D eigenvalue weighted by Crippen LogP contribution is -2.23. The van der Waals surface area contributed by atoms with Gasteiger partial charge >= 0.3 is 0 Å². The SMILES string of the molecule is COc1ccc(-c2nnc(SC(C)C(=O)Nc3nc(-c4ccc(Cl)c(Cl)c4)cs3)n2N)cc1OC. The molecular weight excluding hydrogens is 531 g/mol. The minimum absolute atomic E-state index is 0.249. The number of benzene rings is 2. The summed E-state index contributed by atoms with van der Waals surface area (Å²) in [5, 5.41) is 14.2. The van der Waals surface area contributed by atoms with Crippen LogP contribution in [-0.2, 0) is 4.79 Å². The third-order valence-corrected chi connectivity index (χ3v) is 7.46. The second-order valence-corrected chi connectivity index (χ2v) is 10.1. The fraction of sp³-hybridized carbons (Fsp3) is 0.182. The number of thioether (sulfide) groups is 1. The van der Waals surface area contributed by atoms with Gasteiger partial charge < -0.3 is 20.6 Å². The Balaban J connectivity index is 1.44. The van der Waals surface area contributed by atoms with Crippen molar-refractivity contribution in [2.24, 2.45) is 0 Å². The maximum Gasteiger partial charge on any atom is 0.239 e. The van der Waals surface area contributed by atoms with Crippen molar-refractivity contribution in [2.75, 3.05) is 25.4 Å². The van der Waals surface area contributed by atoms with E-state index in [4.69, 9.17) is 38.5 Å². The predicted octanol–water partition coefficient (Wildman–Crippen LogP) is 5.23. The van der Waals surface area contributed by atoms with Gasteiger partial charge in [-0.25, -0.2) is 9.66 Å². The van der Waals surface area contributed by atoms with Crippen LogP contribution in [0.5, 0.6) is 11.5 Å². The molecule has 1 unspecified atom stereocenters. The molecule has 4 rings (SSSR count). The Hall–Kier alpha value is -2.99. The number of amides is 1. The Labute approximate surface area is 219 Å². The number of carbonyl (C=O) groups excluding carboxylic acids is 1. The van der Waals surface area contributed by atoms with Gasteiger partial charge in [0, 0.05) is 16.5 Å². The lowest BCUT2D eigenvalue weighted by atomic mass is 10.2. The monoisotopic (exact) mass is 550 g/mol. The van der Waals surface area contributed by atoms with Gasteiger partial charge in [-0.15, -0.1) is 21.5 Å². The summed E-state index contributed by atoms with van der Waals surface area (Å²) in [7, 11) is 3.11. The molecule has 2 heterocycles. The molecule has 1 amide bonds. The molecule has 9 nitrogen and oxygen atoms in total. The van der Waals surface area contributed by atoms with E-state index in [9.17, 15) is 4.79 Å². The summed E-state index contributed by atoms with van der Waals surface area (Å²) in [6.45, 7) is 1.75. The van der Waals surface area contributed by atoms with Gasteiger partial charge in [0.1, 0.15) is 0 Å². The molecule has 13 heteroatoms. The molecule has 4 aromatic rings. The highest BCUT2D eigenvalue weighted by Gasteiger charge is 2.21. The number of nitrogens with zero attached hydrogens (tertiary/aromatic N) is 4. The molecule has 0 saturated carbocycles. The smallest absolute Gasteiger partial charge is 0.239 e. The van der Waals surface area contributed by atoms with Crippen molar-refractivity contribution in [1.29, 1.82) is 0 Å². The molecule has 0 bridgehead atoms. The number of carbonyl (C=O) groups is 1. The van der Waals surface area contributed by atoms with E-state index in [0.717, 1.165) is 5.56 Å². The van der Waals surface area contributed by atoms with Crippen molar-refractivity contribution in [1.82, 2.24) is 19.9 Å². The lowest BCUT2D eigenvalue weighted by Gasteiger charge is -2.11. The van der Waals surface area contributed by atoms with Crippen LogP contribution < -0.4 is 20.6 Å². The molecular formula is C22H20Cl2N6O3S2. The minimum atomic E-state index is -0.517. The third-order valence-electron chi connectivity index (χ3n) is 4.91. The molecule has 182 valence electrons. The predicted molar refractivity (Wildman–Crippen MR) is 140 cm³/mol. The first-order valence-electron chi connectivity index (χ1n) is 10.1. The number of hydrogen-bond acceptors (Lipinski definition) is 9. The largest absolute Gasteiger partial charge is 0.493 e. The van der Waals surface area contributed by atoms with Crippen LogP contribution in [0.25, 0.3) is 22.6 Å². The van der Waals surface area contributed by atoms with Crippen LogP contribution in [0.1, 0.15) is 6.92 Å². The Bertz CT molecular complexity index is 1380. The summed E-state index contributed by atoms with van der Waals surface area (Å²) in [6.07, 6.45) is 0. The number of methoxy groups -OCH3 is 2. The van der Waals surface area contributed by atoms with Crippen LogP contribution in [0.3, 0.4) is 0 Å². The van der Waals surface area contributed by atoms with Gasteiger partial charge in [0.2, 0.25) is 11.1 Å². The Morgan fingerprint density at radius 3 is 2.54 bits per heavy atom. The van der Waals surface area contributed by atoms with Crippen LogP contribution in [-0.4, -0.2) is 45.2 Å². The number of anilines is 1. The molecule has 0 aliphatic carbocycles. The van der Waals surface area contributed by atoms with Crippen LogP contribution in [0, 0.1) is 0 Å². The number of thiazole rings is 1. The highest BCUT2D eigenvalue weighted by molar-refractivity contribution is 8.00. The van der Waals surface area contributed by atoms with Crippen LogP contribution >= 0.6 is 46.3 Å². The van der Waals surface area contributed by atoms with Gasteiger partial charge in [-0.3, -0.25) is 4.79 Å². The molecule has 0 aliphatic heterocycles. The van der Waals surface area contributed by atoms with E-state index in [2.05, 4.69) is 20.5 Å². The molecule has 0 radical (unpaired) electrons. The van der Waals surface area contributed by atoms with Gasteiger partial charge in [-0.2, -0.15) is 0 Å². The number of nitrogens with two attached hydrogens (primary N) is 1. The van der Waals surface area contributed by atoms with Crippen molar-refractivity contribution in [3.63, 3.8) is 0 Å². The second kappa shape index (κ2) is 10.7. The summed E-state index contributed by atoms with van der Waals surface area (Å²) >= 11 is 14.6. The molecule has 2 aromatic heterocycles. The van der Waals surface area contributed by atoms with E-state index < -0.39 is 5.25 Å². The van der Waals surface area contributed by atoms with Crippen molar-refractivity contribution >= 4 is 57.3 Å². The quantitative estimate of drug-likeness (QED) is 0.226. The Morgan fingerprint density at radius 2 is 1.83 bits per heavy atom. The number of aromatic nitrogens is 4. The third kappa shape index (κ3) is 5.48. The lowest BCUT2D eigenvalue weighted by molar-refractivity contribution is -0.115. The van der Waals surface area contributed by atoms with Crippen molar-refractivity contribution < 1.29 is 14.3 Å². The molecule has 0 saturated heterocycles. The Kier molecular flexibility index (Phi) is 7.70. The highest BCUT2D eigenvalue weighted by Crippen LogP contribution is 2.33. The average molecular weight is 551 g/mol. The van der Waals surface area contributed by atoms with E-state index in [0.29, 0.717) is 48.9 Å². The molecule has 1 atom stereocenters. The number of ether oxygens (including phenoxy) is 2. The second-order valence-electron chi connectivity index (χ2n) is 7.16. The summed E-state index contributed by atoms with van der Waals surface area (Å²) in [5.41, 5.74) is 2.18. The van der Waals surface area contributed by atoms with Crippen LogP contribution in [0.2, 0.25) is 10.0 Å². The van der Waals surface area contributed by atoms with Gasteiger partial charge in [-0.1, -0.05) is 41.0 Å². The minimum Gasteiger partial charge on any atom is -0.493 e. The number of rotatable bonds is 8. The van der Waals surface area contributed by atoms with Gasteiger partial charge in [0.15, 0.2) is 22.5 Å². The standard InChI is InChI=1S/C22H20Cl2N6O3S2/c1-11(20(31)27-21-26-16(10-34-21)12-4-6-14(23)15(24)8-12)35-22-29-28-19(30(22)25)13-5-7-17(32-2)18(9-13)33-3/h4-11H,25H2,1-3H3,(H,26,27,31). The zero-order valence-electron chi connectivity index (χ0n) is 18.8. The first-order valence-corrected chi connectivity index (χ1v) is 12.6. The van der Waals surface area contributed by atoms with Gasteiger partial charge in [0.25, 0.3) is 0 Å². The summed E-state index contributed by atoms with van der Waals surface area (Å²) in [6, 6.07) is 10.6. The first-order chi connectivity index (χ1) is 16.8. The van der Waals surface area contributed by atoms with Crippen molar-refractivity contribution in [3.8, 4) is 34.1 Å². The highest BCUT2D eigenvalue weighted by atomic mass is 35.5. The fourth-order valence-electron chi connectivity index (χ4n) is 3.07. The van der Waals surface area contributed by atoms with E-state index in [1.807, 2.05) is 11.4 Å². The topological polar surface area (TPSA) is 117 Å². The fourth-order valence-corrected chi connectivity index (χ4v) is 4.86. The summed E-state index contributed by atoms with van der Waals surface area (Å²) < 4.78 is 11.9. The van der Waals surface area contributed by atoms with E-state index in [1.165, 1.54) is 27.8 Å². The van der Waals surface area contributed by atoms with E-state index in [-0.39, 0.29) is 5.91 Å². The van der Waals surface area contributed by atoms with Crippen LogP contribution in [0.15, 0.2) is 46.9 Å². The van der Waals surface area contributed by atoms with Gasteiger partial charge in [0.05, 0.1) is 35.2 Å². The van der Waals surface area contributed by atoms with Crippen molar-refractivity contribution in [2.45, 2.75) is 17.3 Å². The number of halogens is 2. The zero-order valence-corrected chi connectivity index (χ0v) is 21.9. The number of nitrogens with one attached hydrogen (secondary N) is 1. The normalized spacial score (nSPS) is 11.8. The van der Waals surface area contributed by atoms with Crippen LogP contribution in [0.4, 0.5) is 5.13 Å².